The van der Waals surface area contributed by atoms with Crippen LogP contribution in [0.25, 0.3) is 0 Å². The first kappa shape index (κ1) is 9.24. The molecule has 1 aliphatic rings. The number of aryl methyl sites for hydroxylation is 1. The molecule has 1 heterocycles. The molecule has 0 aromatic carbocycles. The summed E-state index contributed by atoms with van der Waals surface area (Å²) in [5, 5.41) is 6.90. The first-order valence-electron chi connectivity index (χ1n) is 5.01. The summed E-state index contributed by atoms with van der Waals surface area (Å²) in [7, 11) is 3.56. The van der Waals surface area contributed by atoms with Crippen molar-refractivity contribution in [2.75, 3.05) is 7.05 Å². The van der Waals surface area contributed by atoms with Gasteiger partial charge in [0.15, 0.2) is 5.69 Å². The third-order valence-corrected chi connectivity index (χ3v) is 2.81. The molecule has 1 aromatic heterocycles. The number of aromatic nitrogens is 2. The van der Waals surface area contributed by atoms with Crippen LogP contribution in [-0.4, -0.2) is 22.7 Å². The Morgan fingerprint density at radius 1 is 1.43 bits per heavy atom. The highest BCUT2D eigenvalue weighted by atomic mass is 16.1. The van der Waals surface area contributed by atoms with Crippen LogP contribution in [0.1, 0.15) is 34.6 Å². The number of carbonyl (C=O) groups is 1. The van der Waals surface area contributed by atoms with Crippen LogP contribution in [0.2, 0.25) is 0 Å². The largest absolute Gasteiger partial charge is 0.354 e. The lowest BCUT2D eigenvalue weighted by atomic mass is 9.95. The molecule has 2 rings (SSSR count). The summed E-state index contributed by atoms with van der Waals surface area (Å²) in [5.41, 5.74) is 3.00. The molecule has 4 nitrogen and oxygen atoms in total. The van der Waals surface area contributed by atoms with Crippen molar-refractivity contribution in [2.45, 2.75) is 25.7 Å². The lowest BCUT2D eigenvalue weighted by Gasteiger charge is -2.11. The second kappa shape index (κ2) is 3.44. The van der Waals surface area contributed by atoms with E-state index in [2.05, 4.69) is 10.4 Å². The van der Waals surface area contributed by atoms with E-state index in [1.165, 1.54) is 18.5 Å². The van der Waals surface area contributed by atoms with Crippen LogP contribution in [0.15, 0.2) is 0 Å². The summed E-state index contributed by atoms with van der Waals surface area (Å²) >= 11 is 0. The van der Waals surface area contributed by atoms with E-state index in [-0.39, 0.29) is 5.91 Å². The Morgan fingerprint density at radius 2 is 2.14 bits per heavy atom. The fourth-order valence-electron chi connectivity index (χ4n) is 2.07. The van der Waals surface area contributed by atoms with Gasteiger partial charge in [-0.3, -0.25) is 9.48 Å². The van der Waals surface area contributed by atoms with Gasteiger partial charge < -0.3 is 5.32 Å². The standard InChI is InChI=1S/C10H15N3O/c1-11-10(14)9-7-5-3-4-6-8(7)13(2)12-9/h3-6H2,1-2H3,(H,11,14). The molecule has 0 saturated carbocycles. The molecule has 1 aliphatic carbocycles. The molecule has 4 heteroatoms. The smallest absolute Gasteiger partial charge is 0.271 e. The summed E-state index contributed by atoms with van der Waals surface area (Å²) in [5.74, 6) is -0.0660. The van der Waals surface area contributed by atoms with Crippen molar-refractivity contribution >= 4 is 5.91 Å². The average Bonchev–Trinajstić information content (AvgIpc) is 2.56. The third-order valence-electron chi connectivity index (χ3n) is 2.81. The lowest BCUT2D eigenvalue weighted by molar-refractivity contribution is 0.0956. The number of nitrogens with one attached hydrogen (secondary N) is 1. The zero-order chi connectivity index (χ0) is 10.1. The highest BCUT2D eigenvalue weighted by molar-refractivity contribution is 5.93. The van der Waals surface area contributed by atoms with Crippen molar-refractivity contribution in [3.63, 3.8) is 0 Å². The minimum atomic E-state index is -0.0660. The molecule has 1 amide bonds. The van der Waals surface area contributed by atoms with Crippen LogP contribution >= 0.6 is 0 Å². The maximum atomic E-state index is 11.5. The highest BCUT2D eigenvalue weighted by Gasteiger charge is 2.22. The average molecular weight is 193 g/mol. The molecule has 76 valence electrons. The molecule has 0 bridgehead atoms. The van der Waals surface area contributed by atoms with E-state index in [4.69, 9.17) is 0 Å². The van der Waals surface area contributed by atoms with Crippen molar-refractivity contribution < 1.29 is 4.79 Å². The van der Waals surface area contributed by atoms with Gasteiger partial charge in [-0.1, -0.05) is 0 Å². The predicted octanol–water partition coefficient (Wildman–Crippen LogP) is 0.658. The van der Waals surface area contributed by atoms with Crippen molar-refractivity contribution in [3.8, 4) is 0 Å². The Balaban J connectivity index is 2.46. The molecule has 0 fully saturated rings. The van der Waals surface area contributed by atoms with Crippen LogP contribution in [0.3, 0.4) is 0 Å². The molecule has 1 aromatic rings. The van der Waals surface area contributed by atoms with Gasteiger partial charge in [-0.15, -0.1) is 0 Å². The van der Waals surface area contributed by atoms with Gasteiger partial charge in [0.05, 0.1) is 0 Å². The maximum absolute atomic E-state index is 11.5. The molecule has 1 N–H and O–H groups in total. The summed E-state index contributed by atoms with van der Waals surface area (Å²) in [6, 6.07) is 0. The minimum Gasteiger partial charge on any atom is -0.354 e. The van der Waals surface area contributed by atoms with Crippen molar-refractivity contribution in [1.29, 1.82) is 0 Å². The van der Waals surface area contributed by atoms with Crippen LogP contribution < -0.4 is 5.32 Å². The predicted molar refractivity (Wildman–Crippen MR) is 53.2 cm³/mol. The molecule has 0 aliphatic heterocycles. The topological polar surface area (TPSA) is 46.9 Å². The van der Waals surface area contributed by atoms with Crippen molar-refractivity contribution in [2.24, 2.45) is 7.05 Å². The van der Waals surface area contributed by atoms with E-state index in [0.29, 0.717) is 5.69 Å². The normalized spacial score (nSPS) is 15.0. The Hall–Kier alpha value is -1.32. The Bertz CT molecular complexity index is 368. The number of carbonyl (C=O) groups excluding carboxylic acids is 1. The van der Waals surface area contributed by atoms with Crippen LogP contribution in [-0.2, 0) is 19.9 Å². The van der Waals surface area contributed by atoms with E-state index < -0.39 is 0 Å². The Morgan fingerprint density at radius 3 is 2.86 bits per heavy atom. The van der Waals surface area contributed by atoms with E-state index in [9.17, 15) is 4.79 Å². The summed E-state index contributed by atoms with van der Waals surface area (Å²) in [6.45, 7) is 0. The Kier molecular flexibility index (Phi) is 2.27. The van der Waals surface area contributed by atoms with E-state index in [1.54, 1.807) is 7.05 Å². The monoisotopic (exact) mass is 193 g/mol. The summed E-state index contributed by atoms with van der Waals surface area (Å²) < 4.78 is 1.85. The van der Waals surface area contributed by atoms with Crippen molar-refractivity contribution in [3.05, 3.63) is 17.0 Å². The van der Waals surface area contributed by atoms with Gasteiger partial charge in [0.1, 0.15) is 0 Å². The van der Waals surface area contributed by atoms with Crippen molar-refractivity contribution in [1.82, 2.24) is 15.1 Å². The zero-order valence-electron chi connectivity index (χ0n) is 8.63. The number of amides is 1. The summed E-state index contributed by atoms with van der Waals surface area (Å²) in [4.78, 5) is 11.5. The molecular weight excluding hydrogens is 178 g/mol. The van der Waals surface area contributed by atoms with Crippen LogP contribution in [0.4, 0.5) is 0 Å². The molecular formula is C10H15N3O. The fraction of sp³-hybridized carbons (Fsp3) is 0.600. The minimum absolute atomic E-state index is 0.0660. The number of nitrogens with zero attached hydrogens (tertiary/aromatic N) is 2. The second-order valence-corrected chi connectivity index (χ2v) is 3.68. The first-order chi connectivity index (χ1) is 6.74. The van der Waals surface area contributed by atoms with Gasteiger partial charge in [0.2, 0.25) is 0 Å². The quantitative estimate of drug-likeness (QED) is 0.712. The number of hydrogen-bond acceptors (Lipinski definition) is 2. The molecule has 0 atom stereocenters. The molecule has 14 heavy (non-hydrogen) atoms. The maximum Gasteiger partial charge on any atom is 0.271 e. The number of fused-ring (bicyclic) bond motifs is 1. The van der Waals surface area contributed by atoms with Gasteiger partial charge in [-0.25, -0.2) is 0 Å². The SMILES string of the molecule is CNC(=O)c1nn(C)c2c1CCCC2. The summed E-state index contributed by atoms with van der Waals surface area (Å²) in [6.07, 6.45) is 4.42. The van der Waals surface area contributed by atoms with Crippen LogP contribution in [0.5, 0.6) is 0 Å². The molecule has 0 radical (unpaired) electrons. The Labute approximate surface area is 83.3 Å². The first-order valence-corrected chi connectivity index (χ1v) is 5.01. The van der Waals surface area contributed by atoms with E-state index >= 15 is 0 Å². The van der Waals surface area contributed by atoms with Crippen LogP contribution in [0, 0.1) is 0 Å². The molecule has 0 spiro atoms. The third kappa shape index (κ3) is 1.31. The number of rotatable bonds is 1. The second-order valence-electron chi connectivity index (χ2n) is 3.68. The van der Waals surface area contributed by atoms with E-state index in [1.807, 2.05) is 11.7 Å². The van der Waals surface area contributed by atoms with Gasteiger partial charge in [-0.05, 0) is 25.7 Å². The fourth-order valence-corrected chi connectivity index (χ4v) is 2.07. The van der Waals surface area contributed by atoms with Gasteiger partial charge in [0, 0.05) is 25.4 Å². The lowest BCUT2D eigenvalue weighted by Crippen LogP contribution is -2.20. The number of hydrogen-bond donors (Lipinski definition) is 1. The molecule has 0 saturated heterocycles. The zero-order valence-corrected chi connectivity index (χ0v) is 8.63. The highest BCUT2D eigenvalue weighted by Crippen LogP contribution is 2.23. The van der Waals surface area contributed by atoms with Gasteiger partial charge >= 0.3 is 0 Å². The van der Waals surface area contributed by atoms with Gasteiger partial charge in [-0.2, -0.15) is 5.10 Å². The molecule has 0 unspecified atom stereocenters. The van der Waals surface area contributed by atoms with E-state index in [0.717, 1.165) is 18.4 Å². The van der Waals surface area contributed by atoms with Gasteiger partial charge in [0.25, 0.3) is 5.91 Å².